The molecule has 1 heterocycles. The van der Waals surface area contributed by atoms with Gasteiger partial charge in [0.15, 0.2) is 0 Å². The summed E-state index contributed by atoms with van der Waals surface area (Å²) in [7, 11) is 0. The van der Waals surface area contributed by atoms with Crippen LogP contribution in [0.1, 0.15) is 16.1 Å². The van der Waals surface area contributed by atoms with Crippen molar-refractivity contribution in [2.75, 3.05) is 0 Å². The number of aromatic carboxylic acids is 1. The van der Waals surface area contributed by atoms with Gasteiger partial charge >= 0.3 is 5.97 Å². The molecule has 0 saturated heterocycles. The quantitative estimate of drug-likeness (QED) is 0.720. The lowest BCUT2D eigenvalue weighted by Gasteiger charge is -1.96. The topological polar surface area (TPSA) is 62.8 Å². The summed E-state index contributed by atoms with van der Waals surface area (Å²) in [4.78, 5) is 15.0. The Balaban J connectivity index is 1.75. The molecule has 5 heteroatoms. The highest BCUT2D eigenvalue weighted by molar-refractivity contribution is 5.88. The fourth-order valence-corrected chi connectivity index (χ4v) is 2.02. The first kappa shape index (κ1) is 14.7. The molecule has 23 heavy (non-hydrogen) atoms. The van der Waals surface area contributed by atoms with Crippen molar-refractivity contribution in [1.82, 2.24) is 0 Å². The predicted molar refractivity (Wildman–Crippen MR) is 84.8 cm³/mol. The molecule has 0 spiro atoms. The molecule has 0 bridgehead atoms. The van der Waals surface area contributed by atoms with Gasteiger partial charge in [0, 0.05) is 5.56 Å². The van der Waals surface area contributed by atoms with E-state index in [-0.39, 0.29) is 11.4 Å². The Labute approximate surface area is 131 Å². The Hall–Kier alpha value is -3.21. The summed E-state index contributed by atoms with van der Waals surface area (Å²) in [5.41, 5.74) is 1.60. The molecule has 0 aliphatic carbocycles. The zero-order valence-electron chi connectivity index (χ0n) is 11.9. The molecule has 0 unspecified atom stereocenters. The van der Waals surface area contributed by atoms with Gasteiger partial charge in [-0.1, -0.05) is 0 Å². The summed E-state index contributed by atoms with van der Waals surface area (Å²) in [5.74, 6) is -0.110. The molecule has 1 aromatic heterocycles. The van der Waals surface area contributed by atoms with E-state index >= 15 is 0 Å². The third-order valence-electron chi connectivity index (χ3n) is 3.21. The van der Waals surface area contributed by atoms with Crippen LogP contribution in [0.5, 0.6) is 0 Å². The van der Waals surface area contributed by atoms with Gasteiger partial charge in [-0.3, -0.25) is 4.99 Å². The summed E-state index contributed by atoms with van der Waals surface area (Å²) in [6.45, 7) is 0. The van der Waals surface area contributed by atoms with Crippen LogP contribution in [0.25, 0.3) is 11.3 Å². The number of benzene rings is 2. The van der Waals surface area contributed by atoms with Crippen molar-refractivity contribution in [3.8, 4) is 11.3 Å². The molecule has 0 radical (unpaired) electrons. The Morgan fingerprint density at radius 3 is 2.35 bits per heavy atom. The van der Waals surface area contributed by atoms with E-state index in [1.807, 2.05) is 0 Å². The van der Waals surface area contributed by atoms with E-state index in [9.17, 15) is 9.18 Å². The molecular formula is C18H12FNO3. The number of carbonyl (C=O) groups is 1. The van der Waals surface area contributed by atoms with E-state index in [1.54, 1.807) is 42.6 Å². The van der Waals surface area contributed by atoms with E-state index < -0.39 is 5.97 Å². The molecule has 0 amide bonds. The highest BCUT2D eigenvalue weighted by Gasteiger charge is 2.04. The van der Waals surface area contributed by atoms with Crippen LogP contribution in [0.2, 0.25) is 0 Å². The molecule has 0 saturated carbocycles. The van der Waals surface area contributed by atoms with Crippen LogP contribution in [0.3, 0.4) is 0 Å². The monoisotopic (exact) mass is 309 g/mol. The SMILES string of the molecule is O=C(O)c1ccc(N=Cc2ccc(-c3ccc(F)cc3)o2)cc1. The fraction of sp³-hybridized carbons (Fsp3) is 0. The number of aliphatic imine (C=N–C) groups is 1. The van der Waals surface area contributed by atoms with Gasteiger partial charge in [0.1, 0.15) is 17.3 Å². The van der Waals surface area contributed by atoms with Crippen molar-refractivity contribution in [2.24, 2.45) is 4.99 Å². The van der Waals surface area contributed by atoms with Crippen LogP contribution in [-0.2, 0) is 0 Å². The number of hydrogen-bond acceptors (Lipinski definition) is 3. The molecule has 0 atom stereocenters. The number of hydrogen-bond donors (Lipinski definition) is 1. The standard InChI is InChI=1S/C18H12FNO3/c19-14-5-1-12(2-6-14)17-10-9-16(23-17)11-20-15-7-3-13(4-8-15)18(21)22/h1-11H,(H,21,22). The summed E-state index contributed by atoms with van der Waals surface area (Å²) in [6.07, 6.45) is 1.54. The largest absolute Gasteiger partial charge is 0.478 e. The van der Waals surface area contributed by atoms with Gasteiger partial charge in [0.05, 0.1) is 17.5 Å². The maximum atomic E-state index is 12.9. The van der Waals surface area contributed by atoms with Gasteiger partial charge in [0.2, 0.25) is 0 Å². The van der Waals surface area contributed by atoms with Gasteiger partial charge < -0.3 is 9.52 Å². The lowest BCUT2D eigenvalue weighted by molar-refractivity contribution is 0.0697. The van der Waals surface area contributed by atoms with Crippen LogP contribution in [0, 0.1) is 5.82 Å². The van der Waals surface area contributed by atoms with Crippen molar-refractivity contribution < 1.29 is 18.7 Å². The average Bonchev–Trinajstić information content (AvgIpc) is 3.03. The summed E-state index contributed by atoms with van der Waals surface area (Å²) in [6, 6.07) is 15.8. The second kappa shape index (κ2) is 6.27. The third-order valence-corrected chi connectivity index (χ3v) is 3.21. The minimum absolute atomic E-state index is 0.209. The Bertz CT molecular complexity index is 849. The third kappa shape index (κ3) is 3.52. The van der Waals surface area contributed by atoms with Gasteiger partial charge in [0.25, 0.3) is 0 Å². The Morgan fingerprint density at radius 2 is 1.70 bits per heavy atom. The zero-order valence-corrected chi connectivity index (χ0v) is 11.9. The maximum absolute atomic E-state index is 12.9. The molecule has 3 rings (SSSR count). The molecule has 2 aromatic carbocycles. The second-order valence-electron chi connectivity index (χ2n) is 4.82. The minimum atomic E-state index is -0.976. The van der Waals surface area contributed by atoms with E-state index in [4.69, 9.17) is 9.52 Å². The van der Waals surface area contributed by atoms with Crippen LogP contribution in [0.4, 0.5) is 10.1 Å². The van der Waals surface area contributed by atoms with Crippen molar-refractivity contribution in [3.05, 3.63) is 77.8 Å². The highest BCUT2D eigenvalue weighted by atomic mass is 19.1. The normalized spacial score (nSPS) is 11.0. The number of nitrogens with zero attached hydrogens (tertiary/aromatic N) is 1. The molecular weight excluding hydrogens is 297 g/mol. The lowest BCUT2D eigenvalue weighted by atomic mass is 10.2. The first-order valence-corrected chi connectivity index (χ1v) is 6.85. The molecule has 114 valence electrons. The first-order chi connectivity index (χ1) is 11.1. The second-order valence-corrected chi connectivity index (χ2v) is 4.82. The molecule has 3 aromatic rings. The van der Waals surface area contributed by atoms with Gasteiger partial charge in [-0.05, 0) is 60.7 Å². The molecule has 1 N–H and O–H groups in total. The van der Waals surface area contributed by atoms with E-state index in [0.717, 1.165) is 5.56 Å². The van der Waals surface area contributed by atoms with Gasteiger partial charge in [-0.15, -0.1) is 0 Å². The first-order valence-electron chi connectivity index (χ1n) is 6.85. The minimum Gasteiger partial charge on any atom is -0.478 e. The number of carboxylic acid groups (broad SMARTS) is 1. The number of furan rings is 1. The number of rotatable bonds is 4. The van der Waals surface area contributed by atoms with E-state index in [1.165, 1.54) is 24.3 Å². The van der Waals surface area contributed by atoms with E-state index in [0.29, 0.717) is 17.2 Å². The van der Waals surface area contributed by atoms with Crippen molar-refractivity contribution >= 4 is 17.9 Å². The summed E-state index contributed by atoms with van der Waals surface area (Å²) in [5, 5.41) is 8.83. The van der Waals surface area contributed by atoms with Crippen LogP contribution >= 0.6 is 0 Å². The smallest absolute Gasteiger partial charge is 0.335 e. The van der Waals surface area contributed by atoms with Gasteiger partial charge in [-0.2, -0.15) is 0 Å². The van der Waals surface area contributed by atoms with Crippen LogP contribution < -0.4 is 0 Å². The van der Waals surface area contributed by atoms with Gasteiger partial charge in [-0.25, -0.2) is 9.18 Å². The molecule has 0 fully saturated rings. The Morgan fingerprint density at radius 1 is 1.00 bits per heavy atom. The maximum Gasteiger partial charge on any atom is 0.335 e. The van der Waals surface area contributed by atoms with Crippen molar-refractivity contribution in [1.29, 1.82) is 0 Å². The fourth-order valence-electron chi connectivity index (χ4n) is 2.02. The highest BCUT2D eigenvalue weighted by Crippen LogP contribution is 2.22. The molecule has 4 nitrogen and oxygen atoms in total. The predicted octanol–water partition coefficient (Wildman–Crippen LogP) is 4.53. The van der Waals surface area contributed by atoms with Crippen LogP contribution in [-0.4, -0.2) is 17.3 Å². The average molecular weight is 309 g/mol. The van der Waals surface area contributed by atoms with Crippen LogP contribution in [0.15, 0.2) is 70.1 Å². The Kier molecular flexibility index (Phi) is 4.01. The summed E-state index contributed by atoms with van der Waals surface area (Å²) >= 11 is 0. The van der Waals surface area contributed by atoms with Crippen molar-refractivity contribution in [2.45, 2.75) is 0 Å². The number of carboxylic acids is 1. The zero-order chi connectivity index (χ0) is 16.2. The van der Waals surface area contributed by atoms with Crippen molar-refractivity contribution in [3.63, 3.8) is 0 Å². The molecule has 0 aliphatic heterocycles. The molecule has 0 aliphatic rings. The summed E-state index contributed by atoms with van der Waals surface area (Å²) < 4.78 is 18.5. The number of halogens is 1. The van der Waals surface area contributed by atoms with E-state index in [2.05, 4.69) is 4.99 Å². The lowest BCUT2D eigenvalue weighted by Crippen LogP contribution is -1.94.